The number of hydrogen-bond acceptors (Lipinski definition) is 5. The van der Waals surface area contributed by atoms with Gasteiger partial charge in [-0.2, -0.15) is 0 Å². The SMILES string of the molecule is c1ccc(-c2nc(-c3ccccc3)nc(-c3ccc(-c4ccc(-c5cc6cc7ccccc7nc6c6ncccc56)c5ccccc45)cc3)n2)cc1. The largest absolute Gasteiger partial charge is 0.254 e. The van der Waals surface area contributed by atoms with Crippen LogP contribution in [0.5, 0.6) is 0 Å². The van der Waals surface area contributed by atoms with Crippen molar-refractivity contribution < 1.29 is 0 Å². The molecule has 0 amide bonds. The summed E-state index contributed by atoms with van der Waals surface area (Å²) < 4.78 is 0. The Bertz CT molecular complexity index is 2880. The van der Waals surface area contributed by atoms with Crippen LogP contribution in [0.15, 0.2) is 176 Å². The molecule has 10 aromatic rings. The zero-order chi connectivity index (χ0) is 34.4. The second-order valence-corrected chi connectivity index (χ2v) is 12.9. The van der Waals surface area contributed by atoms with Crippen LogP contribution >= 0.6 is 0 Å². The third-order valence-electron chi connectivity index (χ3n) is 9.74. The summed E-state index contributed by atoms with van der Waals surface area (Å²) in [5.74, 6) is 1.93. The summed E-state index contributed by atoms with van der Waals surface area (Å²) in [5.41, 5.74) is 10.2. The van der Waals surface area contributed by atoms with Gasteiger partial charge in [0.2, 0.25) is 0 Å². The van der Waals surface area contributed by atoms with Crippen molar-refractivity contribution in [2.75, 3.05) is 0 Å². The van der Waals surface area contributed by atoms with Crippen molar-refractivity contribution in [1.29, 1.82) is 0 Å². The van der Waals surface area contributed by atoms with Gasteiger partial charge < -0.3 is 0 Å². The summed E-state index contributed by atoms with van der Waals surface area (Å²) in [6, 6.07) is 58.7. The summed E-state index contributed by atoms with van der Waals surface area (Å²) in [5, 5.41) is 5.64. The first kappa shape index (κ1) is 29.8. The monoisotopic (exact) mass is 663 g/mol. The van der Waals surface area contributed by atoms with Crippen molar-refractivity contribution in [1.82, 2.24) is 24.9 Å². The minimum Gasteiger partial charge on any atom is -0.254 e. The minimum absolute atomic E-state index is 0.638. The molecule has 0 spiro atoms. The summed E-state index contributed by atoms with van der Waals surface area (Å²) in [7, 11) is 0. The second-order valence-electron chi connectivity index (χ2n) is 12.9. The van der Waals surface area contributed by atoms with E-state index >= 15 is 0 Å². The zero-order valence-electron chi connectivity index (χ0n) is 28.0. The number of rotatable bonds is 5. The van der Waals surface area contributed by atoms with E-state index in [4.69, 9.17) is 24.9 Å². The molecule has 0 bridgehead atoms. The van der Waals surface area contributed by atoms with E-state index in [9.17, 15) is 0 Å². The van der Waals surface area contributed by atoms with Crippen molar-refractivity contribution in [3.05, 3.63) is 176 Å². The maximum absolute atomic E-state index is 5.05. The minimum atomic E-state index is 0.638. The van der Waals surface area contributed by atoms with E-state index in [1.54, 1.807) is 0 Å². The van der Waals surface area contributed by atoms with E-state index in [0.717, 1.165) is 71.7 Å². The standard InChI is InChI=1S/C47H29N5/c1-3-12-31(13-4-1)45-50-46(32-14-5-2-6-15-32)52-47(51-45)33-23-21-30(22-24-33)36-25-26-39(38-18-9-8-17-37(36)38)41-29-35-28-34-16-7-10-20-42(34)49-43(35)44-40(41)19-11-27-48-44/h1-29H. The van der Waals surface area contributed by atoms with Crippen LogP contribution in [0.3, 0.4) is 0 Å². The van der Waals surface area contributed by atoms with Gasteiger partial charge in [0.15, 0.2) is 17.5 Å². The third-order valence-corrected chi connectivity index (χ3v) is 9.74. The van der Waals surface area contributed by atoms with Crippen LogP contribution in [0, 0.1) is 0 Å². The lowest BCUT2D eigenvalue weighted by molar-refractivity contribution is 1.07. The number of benzene rings is 7. The summed E-state index contributed by atoms with van der Waals surface area (Å²) >= 11 is 0. The number of nitrogens with zero attached hydrogens (tertiary/aromatic N) is 5. The van der Waals surface area contributed by atoms with Crippen molar-refractivity contribution in [3.63, 3.8) is 0 Å². The number of aromatic nitrogens is 5. The average molecular weight is 664 g/mol. The normalized spacial score (nSPS) is 11.5. The van der Waals surface area contributed by atoms with Crippen molar-refractivity contribution >= 4 is 43.5 Å². The van der Waals surface area contributed by atoms with E-state index in [2.05, 4.69) is 97.1 Å². The van der Waals surface area contributed by atoms with Crippen LogP contribution in [0.4, 0.5) is 0 Å². The molecule has 0 aliphatic rings. The molecule has 0 N–H and O–H groups in total. The average Bonchev–Trinajstić information content (AvgIpc) is 3.23. The fraction of sp³-hybridized carbons (Fsp3) is 0. The molecule has 0 saturated heterocycles. The van der Waals surface area contributed by atoms with Gasteiger partial charge in [-0.15, -0.1) is 0 Å². The number of pyridine rings is 2. The van der Waals surface area contributed by atoms with Crippen molar-refractivity contribution in [2.24, 2.45) is 0 Å². The van der Waals surface area contributed by atoms with Gasteiger partial charge >= 0.3 is 0 Å². The van der Waals surface area contributed by atoms with Crippen LogP contribution in [0.25, 0.3) is 99.9 Å². The lowest BCUT2D eigenvalue weighted by atomic mass is 9.89. The maximum atomic E-state index is 5.05. The van der Waals surface area contributed by atoms with Crippen molar-refractivity contribution in [2.45, 2.75) is 0 Å². The Kier molecular flexibility index (Phi) is 7.07. The topological polar surface area (TPSA) is 64.5 Å². The Balaban J connectivity index is 1.09. The summed E-state index contributed by atoms with van der Waals surface area (Å²) in [4.78, 5) is 24.6. The Labute approximate surface area is 300 Å². The number of hydrogen-bond donors (Lipinski definition) is 0. The number of para-hydroxylation sites is 1. The fourth-order valence-corrected chi connectivity index (χ4v) is 7.22. The first-order chi connectivity index (χ1) is 25.8. The molecular weight excluding hydrogens is 635 g/mol. The van der Waals surface area contributed by atoms with Crippen LogP contribution < -0.4 is 0 Å². The molecule has 0 aliphatic carbocycles. The Morgan fingerprint density at radius 1 is 0.308 bits per heavy atom. The molecule has 52 heavy (non-hydrogen) atoms. The van der Waals surface area contributed by atoms with Crippen LogP contribution in [0.1, 0.15) is 0 Å². The molecule has 5 nitrogen and oxygen atoms in total. The summed E-state index contributed by atoms with van der Waals surface area (Å²) in [6.07, 6.45) is 1.86. The molecule has 0 unspecified atom stereocenters. The third kappa shape index (κ3) is 5.15. The van der Waals surface area contributed by atoms with Gasteiger partial charge in [-0.05, 0) is 57.3 Å². The van der Waals surface area contributed by atoms with E-state index in [1.807, 2.05) is 79.0 Å². The van der Waals surface area contributed by atoms with Gasteiger partial charge in [-0.25, -0.2) is 19.9 Å². The van der Waals surface area contributed by atoms with Gasteiger partial charge in [0, 0.05) is 39.0 Å². The molecule has 0 fully saturated rings. The smallest absolute Gasteiger partial charge is 0.164 e. The first-order valence-electron chi connectivity index (χ1n) is 17.3. The molecule has 10 rings (SSSR count). The highest BCUT2D eigenvalue weighted by Gasteiger charge is 2.17. The van der Waals surface area contributed by atoms with Crippen LogP contribution in [0.2, 0.25) is 0 Å². The molecule has 0 aliphatic heterocycles. The van der Waals surface area contributed by atoms with E-state index in [1.165, 1.54) is 10.8 Å². The second kappa shape index (κ2) is 12.3. The zero-order valence-corrected chi connectivity index (χ0v) is 28.0. The molecule has 242 valence electrons. The predicted molar refractivity (Wildman–Crippen MR) is 213 cm³/mol. The summed E-state index contributed by atoms with van der Waals surface area (Å²) in [6.45, 7) is 0. The number of fused-ring (bicyclic) bond motifs is 5. The van der Waals surface area contributed by atoms with Gasteiger partial charge in [0.1, 0.15) is 0 Å². The molecule has 0 saturated carbocycles. The van der Waals surface area contributed by atoms with E-state index in [0.29, 0.717) is 17.5 Å². The van der Waals surface area contributed by atoms with Gasteiger partial charge in [-0.3, -0.25) is 4.98 Å². The Morgan fingerprint density at radius 2 is 0.846 bits per heavy atom. The molecule has 3 aromatic heterocycles. The molecule has 0 atom stereocenters. The maximum Gasteiger partial charge on any atom is 0.164 e. The van der Waals surface area contributed by atoms with E-state index < -0.39 is 0 Å². The van der Waals surface area contributed by atoms with Gasteiger partial charge in [-0.1, -0.05) is 146 Å². The van der Waals surface area contributed by atoms with Gasteiger partial charge in [0.05, 0.1) is 16.6 Å². The molecule has 3 heterocycles. The quantitative estimate of drug-likeness (QED) is 0.135. The van der Waals surface area contributed by atoms with Crippen LogP contribution in [-0.4, -0.2) is 24.9 Å². The highest BCUT2D eigenvalue weighted by atomic mass is 15.0. The Morgan fingerprint density at radius 3 is 1.54 bits per heavy atom. The molecule has 0 radical (unpaired) electrons. The fourth-order valence-electron chi connectivity index (χ4n) is 7.22. The van der Waals surface area contributed by atoms with Gasteiger partial charge in [0.25, 0.3) is 0 Å². The highest BCUT2D eigenvalue weighted by Crippen LogP contribution is 2.41. The lowest BCUT2D eigenvalue weighted by Gasteiger charge is -2.15. The predicted octanol–water partition coefficient (Wildman–Crippen LogP) is 11.6. The van der Waals surface area contributed by atoms with Crippen LogP contribution in [-0.2, 0) is 0 Å². The molecule has 7 aromatic carbocycles. The van der Waals surface area contributed by atoms with E-state index in [-0.39, 0.29) is 0 Å². The molecule has 5 heteroatoms. The lowest BCUT2D eigenvalue weighted by Crippen LogP contribution is -2.00. The molecular formula is C47H29N5. The van der Waals surface area contributed by atoms with Crippen molar-refractivity contribution in [3.8, 4) is 56.4 Å². The Hall–Kier alpha value is -7.11. The highest BCUT2D eigenvalue weighted by molar-refractivity contribution is 6.16. The first-order valence-corrected chi connectivity index (χ1v) is 17.3.